The van der Waals surface area contributed by atoms with Gasteiger partial charge in [0.05, 0.1) is 11.0 Å². The Balaban J connectivity index is 2.64. The number of rotatable bonds is 0. The standard InChI is InChI=1S/C9H5N4/c1-2-4-8-7(3-1)9-5-6-10-12-13(9)11-8/h1-5H. The molecular formula is C9H5N4. The molecule has 3 aromatic rings. The van der Waals surface area contributed by atoms with Gasteiger partial charge in [0.25, 0.3) is 0 Å². The molecule has 3 rings (SSSR count). The lowest BCUT2D eigenvalue weighted by molar-refractivity contribution is 0.724. The molecule has 0 unspecified atom stereocenters. The topological polar surface area (TPSA) is 43.1 Å². The van der Waals surface area contributed by atoms with E-state index >= 15 is 0 Å². The van der Waals surface area contributed by atoms with Gasteiger partial charge in [0.1, 0.15) is 6.20 Å². The van der Waals surface area contributed by atoms with Gasteiger partial charge in [0.2, 0.25) is 0 Å². The van der Waals surface area contributed by atoms with Crippen molar-refractivity contribution in [2.45, 2.75) is 0 Å². The first kappa shape index (κ1) is 6.54. The molecule has 1 aromatic carbocycles. The summed E-state index contributed by atoms with van der Waals surface area (Å²) in [5.41, 5.74) is 1.86. The van der Waals surface area contributed by atoms with Crippen molar-refractivity contribution in [3.8, 4) is 0 Å². The summed E-state index contributed by atoms with van der Waals surface area (Å²) in [5, 5.41) is 12.8. The Morgan fingerprint density at radius 3 is 3.15 bits per heavy atom. The number of hydrogen-bond donors (Lipinski definition) is 0. The highest BCUT2D eigenvalue weighted by Gasteiger charge is 2.02. The summed E-state index contributed by atoms with van der Waals surface area (Å²) in [6.45, 7) is 0. The van der Waals surface area contributed by atoms with Crippen LogP contribution in [0, 0.1) is 6.20 Å². The molecular weight excluding hydrogens is 164 g/mol. The van der Waals surface area contributed by atoms with Crippen LogP contribution in [0.1, 0.15) is 0 Å². The third-order valence-corrected chi connectivity index (χ3v) is 1.99. The SMILES string of the molecule is [c]1cc2c3ccccc3nn2nn1. The van der Waals surface area contributed by atoms with Crippen LogP contribution >= 0.6 is 0 Å². The minimum Gasteiger partial charge on any atom is -0.148 e. The van der Waals surface area contributed by atoms with Crippen LogP contribution < -0.4 is 0 Å². The van der Waals surface area contributed by atoms with Crippen molar-refractivity contribution in [1.29, 1.82) is 0 Å². The smallest absolute Gasteiger partial charge is 0.117 e. The zero-order chi connectivity index (χ0) is 8.67. The molecule has 0 saturated heterocycles. The summed E-state index contributed by atoms with van der Waals surface area (Å²) < 4.78 is 1.52. The molecule has 0 aliphatic carbocycles. The summed E-state index contributed by atoms with van der Waals surface area (Å²) in [4.78, 5) is 0. The summed E-state index contributed by atoms with van der Waals surface area (Å²) >= 11 is 0. The molecule has 4 nitrogen and oxygen atoms in total. The first-order valence-electron chi connectivity index (χ1n) is 3.93. The molecule has 0 N–H and O–H groups in total. The second kappa shape index (κ2) is 2.26. The lowest BCUT2D eigenvalue weighted by Crippen LogP contribution is -1.94. The number of benzene rings is 1. The van der Waals surface area contributed by atoms with Crippen molar-refractivity contribution in [3.63, 3.8) is 0 Å². The van der Waals surface area contributed by atoms with E-state index in [0.29, 0.717) is 0 Å². The molecule has 0 atom stereocenters. The highest BCUT2D eigenvalue weighted by Crippen LogP contribution is 2.16. The Labute approximate surface area is 73.8 Å². The van der Waals surface area contributed by atoms with Gasteiger partial charge in [-0.15, -0.1) is 14.8 Å². The average Bonchev–Trinajstić information content (AvgIpc) is 2.56. The predicted molar refractivity (Wildman–Crippen MR) is 47.1 cm³/mol. The van der Waals surface area contributed by atoms with E-state index in [2.05, 4.69) is 21.6 Å². The molecule has 4 heteroatoms. The lowest BCUT2D eigenvalue weighted by atomic mass is 10.2. The quantitative estimate of drug-likeness (QED) is 0.505. The van der Waals surface area contributed by atoms with Gasteiger partial charge in [0.15, 0.2) is 0 Å². The molecule has 0 aliphatic heterocycles. The Morgan fingerprint density at radius 1 is 1.23 bits per heavy atom. The van der Waals surface area contributed by atoms with E-state index in [0.717, 1.165) is 16.4 Å². The van der Waals surface area contributed by atoms with Crippen LogP contribution in [0.3, 0.4) is 0 Å². The highest BCUT2D eigenvalue weighted by molar-refractivity contribution is 5.93. The van der Waals surface area contributed by atoms with Crippen LogP contribution in [0.15, 0.2) is 30.3 Å². The van der Waals surface area contributed by atoms with Crippen molar-refractivity contribution < 1.29 is 0 Å². The van der Waals surface area contributed by atoms with E-state index in [1.54, 1.807) is 6.07 Å². The van der Waals surface area contributed by atoms with Crippen LogP contribution in [0.2, 0.25) is 0 Å². The maximum atomic E-state index is 4.24. The summed E-state index contributed by atoms with van der Waals surface area (Å²) in [6.07, 6.45) is 2.69. The van der Waals surface area contributed by atoms with E-state index in [1.165, 1.54) is 4.63 Å². The Bertz CT molecular complexity index is 519. The molecule has 0 saturated carbocycles. The minimum atomic E-state index is 0.927. The van der Waals surface area contributed by atoms with Crippen molar-refractivity contribution in [1.82, 2.24) is 20.0 Å². The minimum absolute atomic E-state index is 0.927. The third kappa shape index (κ3) is 0.823. The zero-order valence-corrected chi connectivity index (χ0v) is 6.68. The summed E-state index contributed by atoms with van der Waals surface area (Å²) in [7, 11) is 0. The molecule has 0 amide bonds. The number of hydrogen-bond acceptors (Lipinski definition) is 3. The first-order valence-corrected chi connectivity index (χ1v) is 3.93. The van der Waals surface area contributed by atoms with Crippen LogP contribution in [0.5, 0.6) is 0 Å². The molecule has 2 heterocycles. The second-order valence-corrected chi connectivity index (χ2v) is 2.75. The van der Waals surface area contributed by atoms with Crippen LogP contribution in [0.4, 0.5) is 0 Å². The average molecular weight is 169 g/mol. The van der Waals surface area contributed by atoms with Gasteiger partial charge in [-0.05, 0) is 17.3 Å². The molecule has 0 aliphatic rings. The van der Waals surface area contributed by atoms with E-state index in [-0.39, 0.29) is 0 Å². The summed E-state index contributed by atoms with van der Waals surface area (Å²) in [6, 6.07) is 9.66. The fourth-order valence-electron chi connectivity index (χ4n) is 1.40. The van der Waals surface area contributed by atoms with Gasteiger partial charge in [-0.1, -0.05) is 18.2 Å². The number of fused-ring (bicyclic) bond motifs is 3. The van der Waals surface area contributed by atoms with E-state index < -0.39 is 0 Å². The monoisotopic (exact) mass is 169 g/mol. The van der Waals surface area contributed by atoms with Gasteiger partial charge in [0, 0.05) is 5.39 Å². The molecule has 13 heavy (non-hydrogen) atoms. The van der Waals surface area contributed by atoms with Gasteiger partial charge < -0.3 is 0 Å². The molecule has 0 spiro atoms. The third-order valence-electron chi connectivity index (χ3n) is 1.99. The van der Waals surface area contributed by atoms with Gasteiger partial charge in [-0.25, -0.2) is 0 Å². The van der Waals surface area contributed by atoms with Gasteiger partial charge >= 0.3 is 0 Å². The predicted octanol–water partition coefficient (Wildman–Crippen LogP) is 1.08. The molecule has 0 bridgehead atoms. The van der Waals surface area contributed by atoms with E-state index in [4.69, 9.17) is 0 Å². The molecule has 2 aromatic heterocycles. The first-order chi connectivity index (χ1) is 6.45. The molecule has 61 valence electrons. The van der Waals surface area contributed by atoms with E-state index in [1.807, 2.05) is 24.3 Å². The summed E-state index contributed by atoms with van der Waals surface area (Å²) in [5.74, 6) is 0. The zero-order valence-electron chi connectivity index (χ0n) is 6.68. The largest absolute Gasteiger partial charge is 0.148 e. The van der Waals surface area contributed by atoms with Gasteiger partial charge in [-0.2, -0.15) is 0 Å². The van der Waals surface area contributed by atoms with Crippen LogP contribution in [0.25, 0.3) is 16.4 Å². The second-order valence-electron chi connectivity index (χ2n) is 2.75. The lowest BCUT2D eigenvalue weighted by Gasteiger charge is -1.86. The fraction of sp³-hybridized carbons (Fsp3) is 0. The van der Waals surface area contributed by atoms with Crippen molar-refractivity contribution in [3.05, 3.63) is 36.5 Å². The van der Waals surface area contributed by atoms with Crippen LogP contribution in [-0.2, 0) is 0 Å². The molecule has 1 radical (unpaired) electrons. The van der Waals surface area contributed by atoms with Crippen molar-refractivity contribution in [2.75, 3.05) is 0 Å². The maximum Gasteiger partial charge on any atom is 0.117 e. The normalized spacial score (nSPS) is 11.1. The Hall–Kier alpha value is -1.97. The van der Waals surface area contributed by atoms with Crippen molar-refractivity contribution >= 4 is 16.4 Å². The number of aromatic nitrogens is 4. The maximum absolute atomic E-state index is 4.24. The van der Waals surface area contributed by atoms with E-state index in [9.17, 15) is 0 Å². The Kier molecular flexibility index (Phi) is 1.14. The fourth-order valence-corrected chi connectivity index (χ4v) is 1.40. The Morgan fingerprint density at radius 2 is 2.15 bits per heavy atom. The molecule has 0 fully saturated rings. The van der Waals surface area contributed by atoms with Gasteiger partial charge in [-0.3, -0.25) is 0 Å². The highest BCUT2D eigenvalue weighted by atomic mass is 15.5. The van der Waals surface area contributed by atoms with Crippen LogP contribution in [-0.4, -0.2) is 20.0 Å². The van der Waals surface area contributed by atoms with Crippen molar-refractivity contribution in [2.24, 2.45) is 0 Å². The number of nitrogens with zero attached hydrogens (tertiary/aromatic N) is 4.